The van der Waals surface area contributed by atoms with Crippen LogP contribution in [0, 0.1) is 25.5 Å². The lowest BCUT2D eigenvalue weighted by Crippen LogP contribution is -2.15. The molecule has 2 nitrogen and oxygen atoms in total. The highest BCUT2D eigenvalue weighted by molar-refractivity contribution is 5.35. The van der Waals surface area contributed by atoms with Crippen LogP contribution in [0.4, 0.5) is 8.78 Å². The summed E-state index contributed by atoms with van der Waals surface area (Å²) < 4.78 is 32.5. The molecule has 90 valence electrons. The van der Waals surface area contributed by atoms with Crippen molar-refractivity contribution in [1.82, 2.24) is 0 Å². The minimum absolute atomic E-state index is 0.128. The first-order valence-electron chi connectivity index (χ1n) is 5.27. The molecule has 1 unspecified atom stereocenters. The lowest BCUT2D eigenvalue weighted by Gasteiger charge is -2.13. The number of rotatable bonds is 2. The zero-order valence-corrected chi connectivity index (χ0v) is 9.63. The number of nitrogens with two attached hydrogens (primary N) is 1. The highest BCUT2D eigenvalue weighted by Gasteiger charge is 2.21. The molecule has 0 amide bonds. The Morgan fingerprint density at radius 1 is 1.18 bits per heavy atom. The summed E-state index contributed by atoms with van der Waals surface area (Å²) in [6.45, 7) is 3.49. The summed E-state index contributed by atoms with van der Waals surface area (Å²) in [5.41, 5.74) is 6.37. The Kier molecular flexibility index (Phi) is 2.98. The minimum atomic E-state index is -0.853. The topological polar surface area (TPSA) is 39.2 Å². The quantitative estimate of drug-likeness (QED) is 0.871. The van der Waals surface area contributed by atoms with Gasteiger partial charge < -0.3 is 10.2 Å². The Bertz CT molecular complexity index is 528. The lowest BCUT2D eigenvalue weighted by atomic mass is 9.99. The molecule has 1 aromatic carbocycles. The van der Waals surface area contributed by atoms with Crippen molar-refractivity contribution in [3.8, 4) is 0 Å². The van der Waals surface area contributed by atoms with E-state index in [2.05, 4.69) is 0 Å². The third kappa shape index (κ3) is 2.08. The van der Waals surface area contributed by atoms with Crippen molar-refractivity contribution in [2.75, 3.05) is 0 Å². The van der Waals surface area contributed by atoms with Gasteiger partial charge in [0.15, 0.2) is 0 Å². The van der Waals surface area contributed by atoms with Gasteiger partial charge in [0.05, 0.1) is 6.04 Å². The summed E-state index contributed by atoms with van der Waals surface area (Å²) in [6, 6.07) is 4.55. The molecule has 1 aromatic heterocycles. The van der Waals surface area contributed by atoms with Gasteiger partial charge in [-0.15, -0.1) is 0 Å². The Balaban J connectivity index is 2.51. The maximum atomic E-state index is 13.6. The standard InChI is InChI=1S/C13H13F2NO/c1-7-6-9(8(2)17-7)13(16)12-10(14)4-3-5-11(12)15/h3-6,13H,16H2,1-2H3. The maximum absolute atomic E-state index is 13.6. The van der Waals surface area contributed by atoms with Gasteiger partial charge in [-0.05, 0) is 32.0 Å². The van der Waals surface area contributed by atoms with Gasteiger partial charge in [0.25, 0.3) is 0 Å². The molecule has 1 atom stereocenters. The van der Waals surface area contributed by atoms with Crippen molar-refractivity contribution in [1.29, 1.82) is 0 Å². The van der Waals surface area contributed by atoms with Crippen LogP contribution in [-0.2, 0) is 0 Å². The van der Waals surface area contributed by atoms with E-state index in [0.717, 1.165) is 0 Å². The zero-order valence-electron chi connectivity index (χ0n) is 9.63. The molecule has 17 heavy (non-hydrogen) atoms. The summed E-state index contributed by atoms with van der Waals surface area (Å²) in [5.74, 6) is -0.0335. The van der Waals surface area contributed by atoms with E-state index in [9.17, 15) is 8.78 Å². The predicted octanol–water partition coefficient (Wildman–Crippen LogP) is 3.22. The minimum Gasteiger partial charge on any atom is -0.466 e. The highest BCUT2D eigenvalue weighted by atomic mass is 19.1. The van der Waals surface area contributed by atoms with Crippen LogP contribution in [0.25, 0.3) is 0 Å². The average molecular weight is 237 g/mol. The zero-order chi connectivity index (χ0) is 12.6. The second-order valence-electron chi connectivity index (χ2n) is 3.98. The van der Waals surface area contributed by atoms with Gasteiger partial charge in [0, 0.05) is 11.1 Å². The summed E-state index contributed by atoms with van der Waals surface area (Å²) in [7, 11) is 0. The molecular formula is C13H13F2NO. The maximum Gasteiger partial charge on any atom is 0.131 e. The summed E-state index contributed by atoms with van der Waals surface area (Å²) in [6.07, 6.45) is 0. The molecule has 0 bridgehead atoms. The lowest BCUT2D eigenvalue weighted by molar-refractivity contribution is 0.496. The van der Waals surface area contributed by atoms with Gasteiger partial charge in [0.2, 0.25) is 0 Å². The van der Waals surface area contributed by atoms with E-state index in [4.69, 9.17) is 10.2 Å². The molecular weight excluding hydrogens is 224 g/mol. The summed E-state index contributed by atoms with van der Waals surface area (Å²) >= 11 is 0. The fourth-order valence-electron chi connectivity index (χ4n) is 1.92. The van der Waals surface area contributed by atoms with Crippen LogP contribution in [0.3, 0.4) is 0 Å². The monoisotopic (exact) mass is 237 g/mol. The molecule has 0 saturated carbocycles. The van der Waals surface area contributed by atoms with E-state index in [1.165, 1.54) is 18.2 Å². The van der Waals surface area contributed by atoms with Crippen molar-refractivity contribution in [2.45, 2.75) is 19.9 Å². The number of furan rings is 1. The van der Waals surface area contributed by atoms with Crippen molar-refractivity contribution >= 4 is 0 Å². The van der Waals surface area contributed by atoms with Crippen LogP contribution in [0.1, 0.15) is 28.7 Å². The first-order chi connectivity index (χ1) is 8.00. The van der Waals surface area contributed by atoms with Crippen LogP contribution in [0.2, 0.25) is 0 Å². The molecule has 1 heterocycles. The second-order valence-corrected chi connectivity index (χ2v) is 3.98. The van der Waals surface area contributed by atoms with Gasteiger partial charge in [-0.25, -0.2) is 8.78 Å². The molecule has 2 N–H and O–H groups in total. The van der Waals surface area contributed by atoms with E-state index < -0.39 is 17.7 Å². The Morgan fingerprint density at radius 2 is 1.76 bits per heavy atom. The van der Waals surface area contributed by atoms with E-state index >= 15 is 0 Å². The fourth-order valence-corrected chi connectivity index (χ4v) is 1.92. The summed E-state index contributed by atoms with van der Waals surface area (Å²) in [4.78, 5) is 0. The predicted molar refractivity (Wildman–Crippen MR) is 60.6 cm³/mol. The normalized spacial score (nSPS) is 12.8. The van der Waals surface area contributed by atoms with Gasteiger partial charge in [-0.3, -0.25) is 0 Å². The summed E-state index contributed by atoms with van der Waals surface area (Å²) in [5, 5.41) is 0. The van der Waals surface area contributed by atoms with E-state index in [0.29, 0.717) is 17.1 Å². The van der Waals surface area contributed by atoms with Crippen LogP contribution < -0.4 is 5.73 Å². The number of hydrogen-bond donors (Lipinski definition) is 1. The van der Waals surface area contributed by atoms with Gasteiger partial charge in [0.1, 0.15) is 23.2 Å². The van der Waals surface area contributed by atoms with Crippen molar-refractivity contribution in [3.05, 3.63) is 58.5 Å². The van der Waals surface area contributed by atoms with Crippen LogP contribution >= 0.6 is 0 Å². The number of aryl methyl sites for hydroxylation is 2. The molecule has 2 rings (SSSR count). The van der Waals surface area contributed by atoms with Crippen molar-refractivity contribution in [2.24, 2.45) is 5.73 Å². The number of halogens is 2. The third-order valence-electron chi connectivity index (χ3n) is 2.73. The Labute approximate surface area is 98.0 Å². The number of benzene rings is 1. The SMILES string of the molecule is Cc1cc(C(N)c2c(F)cccc2F)c(C)o1. The van der Waals surface area contributed by atoms with Gasteiger partial charge >= 0.3 is 0 Å². The van der Waals surface area contributed by atoms with Crippen LogP contribution in [0.5, 0.6) is 0 Å². The fraction of sp³-hybridized carbons (Fsp3) is 0.231. The molecule has 0 radical (unpaired) electrons. The second kappa shape index (κ2) is 4.30. The smallest absolute Gasteiger partial charge is 0.131 e. The van der Waals surface area contributed by atoms with Crippen LogP contribution in [-0.4, -0.2) is 0 Å². The van der Waals surface area contributed by atoms with Crippen molar-refractivity contribution in [3.63, 3.8) is 0 Å². The molecule has 0 fully saturated rings. The highest BCUT2D eigenvalue weighted by Crippen LogP contribution is 2.28. The molecule has 0 aliphatic rings. The van der Waals surface area contributed by atoms with E-state index in [1.807, 2.05) is 0 Å². The molecule has 0 spiro atoms. The molecule has 4 heteroatoms. The Morgan fingerprint density at radius 3 is 2.24 bits per heavy atom. The Hall–Kier alpha value is -1.68. The first kappa shape index (κ1) is 11.8. The van der Waals surface area contributed by atoms with E-state index in [-0.39, 0.29) is 5.56 Å². The largest absolute Gasteiger partial charge is 0.466 e. The molecule has 0 aliphatic heterocycles. The van der Waals surface area contributed by atoms with Gasteiger partial charge in [-0.1, -0.05) is 6.07 Å². The number of hydrogen-bond acceptors (Lipinski definition) is 2. The third-order valence-corrected chi connectivity index (χ3v) is 2.73. The van der Waals surface area contributed by atoms with Crippen molar-refractivity contribution < 1.29 is 13.2 Å². The van der Waals surface area contributed by atoms with E-state index in [1.54, 1.807) is 19.9 Å². The average Bonchev–Trinajstić information content (AvgIpc) is 2.57. The first-order valence-corrected chi connectivity index (χ1v) is 5.27. The molecule has 0 aliphatic carbocycles. The molecule has 2 aromatic rings. The van der Waals surface area contributed by atoms with Crippen LogP contribution in [0.15, 0.2) is 28.7 Å². The molecule has 0 saturated heterocycles. The van der Waals surface area contributed by atoms with Gasteiger partial charge in [-0.2, -0.15) is 0 Å².